The Labute approximate surface area is 222 Å². The van der Waals surface area contributed by atoms with Crippen molar-refractivity contribution >= 4 is 40.0 Å². The van der Waals surface area contributed by atoms with Crippen LogP contribution in [0.15, 0.2) is 41.5 Å². The first kappa shape index (κ1) is 24.7. The summed E-state index contributed by atoms with van der Waals surface area (Å²) in [7, 11) is -3.17. The van der Waals surface area contributed by atoms with Crippen LogP contribution in [0.4, 0.5) is 11.6 Å². The topological polar surface area (TPSA) is 114 Å². The van der Waals surface area contributed by atoms with Crippen LogP contribution < -0.4 is 5.32 Å². The van der Waals surface area contributed by atoms with Gasteiger partial charge in [-0.25, -0.2) is 27.1 Å². The van der Waals surface area contributed by atoms with Gasteiger partial charge in [0.1, 0.15) is 11.4 Å². The molecule has 1 saturated carbocycles. The Morgan fingerprint density at radius 3 is 2.58 bits per heavy atom. The van der Waals surface area contributed by atoms with Crippen molar-refractivity contribution in [1.82, 2.24) is 23.9 Å². The Morgan fingerprint density at radius 1 is 1.05 bits per heavy atom. The SMILES string of the molecule is Cc1ccc(-n2nc(C3CCN(S(=O)(=O)C4CC4)CC3)cc2NC(=O)c2cnn3c2N=CCC=C3)cc1C. The van der Waals surface area contributed by atoms with Gasteiger partial charge in [0.25, 0.3) is 5.91 Å². The molecule has 0 unspecified atom stereocenters. The van der Waals surface area contributed by atoms with Crippen molar-refractivity contribution in [3.63, 3.8) is 0 Å². The minimum absolute atomic E-state index is 0.103. The second-order valence-corrected chi connectivity index (χ2v) is 12.5. The molecule has 3 aliphatic rings. The van der Waals surface area contributed by atoms with E-state index in [0.29, 0.717) is 49.6 Å². The Morgan fingerprint density at radius 2 is 1.84 bits per heavy atom. The summed E-state index contributed by atoms with van der Waals surface area (Å²) in [6.07, 6.45) is 10.6. The number of hydrogen-bond donors (Lipinski definition) is 1. The molecule has 11 heteroatoms. The van der Waals surface area contributed by atoms with Crippen molar-refractivity contribution in [3.05, 3.63) is 58.9 Å². The normalized spacial score (nSPS) is 18.4. The van der Waals surface area contributed by atoms with Gasteiger partial charge in [-0.05, 0) is 62.8 Å². The van der Waals surface area contributed by atoms with E-state index in [4.69, 9.17) is 5.10 Å². The quantitative estimate of drug-likeness (QED) is 0.510. The number of sulfonamides is 1. The molecule has 2 aliphatic heterocycles. The molecule has 2 aromatic heterocycles. The van der Waals surface area contributed by atoms with Crippen LogP contribution in [0.5, 0.6) is 0 Å². The number of anilines is 1. The first-order chi connectivity index (χ1) is 18.3. The molecule has 1 N–H and O–H groups in total. The molecule has 6 rings (SSSR count). The molecule has 0 atom stereocenters. The van der Waals surface area contributed by atoms with Gasteiger partial charge in [-0.2, -0.15) is 10.2 Å². The average molecular weight is 534 g/mol. The van der Waals surface area contributed by atoms with Gasteiger partial charge in [-0.15, -0.1) is 0 Å². The molecule has 3 aromatic rings. The molecule has 1 amide bonds. The zero-order valence-corrected chi connectivity index (χ0v) is 22.4. The number of allylic oxidation sites excluding steroid dienone is 1. The number of aliphatic imine (C=N–C) groups is 1. The predicted octanol–water partition coefficient (Wildman–Crippen LogP) is 4.19. The fraction of sp³-hybridized carbons (Fsp3) is 0.407. The molecule has 1 aliphatic carbocycles. The highest BCUT2D eigenvalue weighted by Crippen LogP contribution is 2.36. The predicted molar refractivity (Wildman–Crippen MR) is 147 cm³/mol. The zero-order chi connectivity index (χ0) is 26.4. The number of nitrogens with one attached hydrogen (secondary N) is 1. The van der Waals surface area contributed by atoms with E-state index in [1.165, 1.54) is 11.8 Å². The summed E-state index contributed by atoms with van der Waals surface area (Å²) in [5.41, 5.74) is 4.36. The lowest BCUT2D eigenvalue weighted by atomic mass is 9.95. The van der Waals surface area contributed by atoms with E-state index >= 15 is 0 Å². The average Bonchev–Trinajstić information content (AvgIpc) is 3.64. The van der Waals surface area contributed by atoms with Crippen LogP contribution in [-0.4, -0.2) is 62.7 Å². The van der Waals surface area contributed by atoms with Crippen LogP contribution in [0.25, 0.3) is 11.9 Å². The van der Waals surface area contributed by atoms with Gasteiger partial charge in [0.05, 0.1) is 22.8 Å². The maximum absolute atomic E-state index is 13.4. The van der Waals surface area contributed by atoms with Crippen LogP contribution in [0.3, 0.4) is 0 Å². The Kier molecular flexibility index (Phi) is 6.27. The molecule has 0 radical (unpaired) electrons. The third-order valence-electron chi connectivity index (χ3n) is 7.60. The van der Waals surface area contributed by atoms with Gasteiger partial charge in [0.2, 0.25) is 10.0 Å². The zero-order valence-electron chi connectivity index (χ0n) is 21.5. The lowest BCUT2D eigenvalue weighted by Gasteiger charge is -2.30. The Hall–Kier alpha value is -3.57. The van der Waals surface area contributed by atoms with Crippen molar-refractivity contribution in [1.29, 1.82) is 0 Å². The molecule has 1 saturated heterocycles. The summed E-state index contributed by atoms with van der Waals surface area (Å²) >= 11 is 0. The van der Waals surface area contributed by atoms with E-state index in [-0.39, 0.29) is 17.1 Å². The second-order valence-electron chi connectivity index (χ2n) is 10.3. The van der Waals surface area contributed by atoms with E-state index < -0.39 is 10.0 Å². The van der Waals surface area contributed by atoms with Crippen molar-refractivity contribution in [2.75, 3.05) is 18.4 Å². The van der Waals surface area contributed by atoms with Gasteiger partial charge in [0, 0.05) is 43.9 Å². The van der Waals surface area contributed by atoms with Crippen LogP contribution in [-0.2, 0) is 10.0 Å². The number of amides is 1. The van der Waals surface area contributed by atoms with E-state index in [1.54, 1.807) is 26.1 Å². The number of carbonyl (C=O) groups excluding carboxylic acids is 1. The van der Waals surface area contributed by atoms with Crippen molar-refractivity contribution in [2.45, 2.75) is 57.1 Å². The summed E-state index contributed by atoms with van der Waals surface area (Å²) in [5, 5.41) is 12.0. The van der Waals surface area contributed by atoms with E-state index in [9.17, 15) is 13.2 Å². The monoisotopic (exact) mass is 533 g/mol. The van der Waals surface area contributed by atoms with Crippen LogP contribution in [0, 0.1) is 13.8 Å². The molecular formula is C27H31N7O3S. The van der Waals surface area contributed by atoms with E-state index in [2.05, 4.69) is 22.3 Å². The van der Waals surface area contributed by atoms with Crippen LogP contribution >= 0.6 is 0 Å². The second kappa shape index (κ2) is 9.63. The van der Waals surface area contributed by atoms with Crippen molar-refractivity contribution < 1.29 is 13.2 Å². The van der Waals surface area contributed by atoms with Gasteiger partial charge < -0.3 is 5.32 Å². The molecule has 198 valence electrons. The van der Waals surface area contributed by atoms with Gasteiger partial charge in [-0.1, -0.05) is 12.1 Å². The first-order valence-corrected chi connectivity index (χ1v) is 14.6. The number of benzene rings is 1. The third-order valence-corrected chi connectivity index (χ3v) is 10.00. The molecule has 10 nitrogen and oxygen atoms in total. The summed E-state index contributed by atoms with van der Waals surface area (Å²) in [6.45, 7) is 5.09. The minimum atomic E-state index is -3.17. The lowest BCUT2D eigenvalue weighted by molar-refractivity contribution is 0.102. The molecule has 0 bridgehead atoms. The summed E-state index contributed by atoms with van der Waals surface area (Å²) < 4.78 is 30.4. The molecule has 0 spiro atoms. The maximum Gasteiger partial charge on any atom is 0.262 e. The molecular weight excluding hydrogens is 502 g/mol. The molecule has 2 fully saturated rings. The van der Waals surface area contributed by atoms with Crippen LogP contribution in [0.1, 0.15) is 65.2 Å². The highest BCUT2D eigenvalue weighted by Gasteiger charge is 2.41. The van der Waals surface area contributed by atoms with Gasteiger partial charge in [0.15, 0.2) is 5.82 Å². The fourth-order valence-corrected chi connectivity index (χ4v) is 6.90. The van der Waals surface area contributed by atoms with E-state index in [1.807, 2.05) is 37.3 Å². The number of hydrogen-bond acceptors (Lipinski definition) is 6. The number of nitrogens with zero attached hydrogens (tertiary/aromatic N) is 6. The summed E-state index contributed by atoms with van der Waals surface area (Å²) in [5.74, 6) is 0.819. The first-order valence-electron chi connectivity index (χ1n) is 13.1. The summed E-state index contributed by atoms with van der Waals surface area (Å²) in [6, 6.07) is 7.99. The standard InChI is InChI=1S/C27H31N7O3S/c1-18-5-6-21(15-19(18)2)34-25(30-27(35)23-17-29-33-12-4-3-11-28-26(23)33)16-24(31-34)20-9-13-32(14-10-20)38(36,37)22-7-8-22/h4-6,11-12,15-17,20,22H,3,7-10,13-14H2,1-2H3,(H,30,35). The Bertz CT molecular complexity index is 1550. The molecule has 1 aromatic carbocycles. The van der Waals surface area contributed by atoms with Gasteiger partial charge in [-0.3, -0.25) is 4.79 Å². The number of aryl methyl sites for hydroxylation is 2. The van der Waals surface area contributed by atoms with Crippen molar-refractivity contribution in [2.24, 2.45) is 4.99 Å². The minimum Gasteiger partial charge on any atom is -0.306 e. The number of fused-ring (bicyclic) bond motifs is 1. The fourth-order valence-electron chi connectivity index (χ4n) is 5.02. The van der Waals surface area contributed by atoms with E-state index in [0.717, 1.165) is 29.8 Å². The number of aromatic nitrogens is 4. The van der Waals surface area contributed by atoms with Crippen molar-refractivity contribution in [3.8, 4) is 5.69 Å². The molecule has 4 heterocycles. The van der Waals surface area contributed by atoms with Crippen LogP contribution in [0.2, 0.25) is 0 Å². The number of carbonyl (C=O) groups is 1. The Balaban J connectivity index is 1.29. The lowest BCUT2D eigenvalue weighted by Crippen LogP contribution is -2.39. The maximum atomic E-state index is 13.4. The summed E-state index contributed by atoms with van der Waals surface area (Å²) in [4.78, 5) is 17.8. The highest BCUT2D eigenvalue weighted by atomic mass is 32.2. The van der Waals surface area contributed by atoms with Gasteiger partial charge >= 0.3 is 0 Å². The number of rotatable bonds is 6. The third kappa shape index (κ3) is 4.60. The largest absolute Gasteiger partial charge is 0.306 e. The highest BCUT2D eigenvalue weighted by molar-refractivity contribution is 7.90. The smallest absolute Gasteiger partial charge is 0.262 e. The number of piperidine rings is 1. The molecule has 38 heavy (non-hydrogen) atoms.